The lowest BCUT2D eigenvalue weighted by Gasteiger charge is -2.16. The molecule has 0 aromatic heterocycles. The van der Waals surface area contributed by atoms with Crippen LogP contribution in [0.1, 0.15) is 65.2 Å². The fourth-order valence-electron chi connectivity index (χ4n) is 2.54. The molecule has 32 heavy (non-hydrogen) atoms. The average Bonchev–Trinajstić information content (AvgIpc) is 2.76. The molecule has 0 aliphatic carbocycles. The van der Waals surface area contributed by atoms with Gasteiger partial charge in [-0.15, -0.1) is 0 Å². The average molecular weight is 453 g/mol. The third-order valence-electron chi connectivity index (χ3n) is 4.34. The van der Waals surface area contributed by atoms with Crippen LogP contribution in [0.15, 0.2) is 48.6 Å². The minimum Gasteiger partial charge on any atom is -0.463 e. The highest BCUT2D eigenvalue weighted by molar-refractivity contribution is 5.69. The second-order valence-corrected chi connectivity index (χ2v) is 7.40. The number of carbonyl (C=O) groups is 2. The van der Waals surface area contributed by atoms with Gasteiger partial charge in [0, 0.05) is 13.3 Å². The molecule has 0 spiro atoms. The number of rotatable bonds is 18. The van der Waals surface area contributed by atoms with Gasteiger partial charge >= 0.3 is 11.9 Å². The second kappa shape index (κ2) is 20.7. The summed E-state index contributed by atoms with van der Waals surface area (Å²) in [7, 11) is 0. The Morgan fingerprint density at radius 3 is 1.88 bits per heavy atom. The molecule has 0 aromatic carbocycles. The second-order valence-electron chi connectivity index (χ2n) is 7.40. The van der Waals surface area contributed by atoms with Gasteiger partial charge in [-0.1, -0.05) is 55.5 Å². The quantitative estimate of drug-likeness (QED) is 0.215. The standard InChI is InChI=1S/C25H40O7/c1-3-4-5-6-7-8-9-10-11-12-13-14-16-23(28)24(29)17-15-18-25(30)32-20-22(27)19-31-21(2)26/h4-5,7-8,10-11,13-14,22-24,27-29H,3,6,9,12,15-20H2,1-2H3/b5-4-,8-7-,11-10-,14-13-/t22-,23-,24-/m0/s1. The Kier molecular flexibility index (Phi) is 19.2. The molecule has 0 saturated heterocycles. The zero-order valence-electron chi connectivity index (χ0n) is 19.4. The minimum absolute atomic E-state index is 0.0635. The summed E-state index contributed by atoms with van der Waals surface area (Å²) in [6.07, 6.45) is 18.3. The summed E-state index contributed by atoms with van der Waals surface area (Å²) in [5, 5.41) is 29.5. The van der Waals surface area contributed by atoms with Crippen molar-refractivity contribution in [3.8, 4) is 0 Å². The molecule has 7 heteroatoms. The van der Waals surface area contributed by atoms with Crippen molar-refractivity contribution in [1.82, 2.24) is 0 Å². The van der Waals surface area contributed by atoms with Crippen LogP contribution in [0.4, 0.5) is 0 Å². The molecule has 0 radical (unpaired) electrons. The Labute approximate surface area is 192 Å². The molecule has 7 nitrogen and oxygen atoms in total. The van der Waals surface area contributed by atoms with Crippen LogP contribution in [0.2, 0.25) is 0 Å². The van der Waals surface area contributed by atoms with Crippen molar-refractivity contribution in [2.24, 2.45) is 0 Å². The highest BCUT2D eigenvalue weighted by Gasteiger charge is 2.16. The molecule has 0 amide bonds. The first-order chi connectivity index (χ1) is 15.4. The van der Waals surface area contributed by atoms with E-state index in [1.165, 1.54) is 6.92 Å². The fraction of sp³-hybridized carbons (Fsp3) is 0.600. The van der Waals surface area contributed by atoms with Crippen LogP contribution in [-0.2, 0) is 19.1 Å². The molecule has 3 N–H and O–H groups in total. The van der Waals surface area contributed by atoms with Gasteiger partial charge in [0.15, 0.2) is 0 Å². The molecular weight excluding hydrogens is 412 g/mol. The Morgan fingerprint density at radius 1 is 0.781 bits per heavy atom. The van der Waals surface area contributed by atoms with Crippen molar-refractivity contribution in [2.45, 2.75) is 83.5 Å². The zero-order chi connectivity index (χ0) is 24.0. The van der Waals surface area contributed by atoms with Gasteiger partial charge in [0.1, 0.15) is 19.3 Å². The van der Waals surface area contributed by atoms with E-state index in [0.29, 0.717) is 12.8 Å². The van der Waals surface area contributed by atoms with E-state index in [9.17, 15) is 24.9 Å². The maximum atomic E-state index is 11.6. The normalized spacial score (nSPS) is 15.0. The van der Waals surface area contributed by atoms with Crippen LogP contribution in [-0.4, -0.2) is 58.8 Å². The molecule has 0 bridgehead atoms. The Morgan fingerprint density at radius 2 is 1.31 bits per heavy atom. The summed E-state index contributed by atoms with van der Waals surface area (Å²) in [5.74, 6) is -1.04. The minimum atomic E-state index is -1.07. The first-order valence-electron chi connectivity index (χ1n) is 11.3. The summed E-state index contributed by atoms with van der Waals surface area (Å²) < 4.78 is 9.48. The van der Waals surface area contributed by atoms with Crippen molar-refractivity contribution in [3.05, 3.63) is 48.6 Å². The maximum absolute atomic E-state index is 11.6. The highest BCUT2D eigenvalue weighted by Crippen LogP contribution is 2.10. The molecular formula is C25H40O7. The first kappa shape index (κ1) is 29.8. The third-order valence-corrected chi connectivity index (χ3v) is 4.34. The number of allylic oxidation sites excluding steroid dienone is 7. The van der Waals surface area contributed by atoms with E-state index in [0.717, 1.165) is 25.7 Å². The van der Waals surface area contributed by atoms with Gasteiger partial charge in [-0.2, -0.15) is 0 Å². The van der Waals surface area contributed by atoms with Crippen molar-refractivity contribution >= 4 is 11.9 Å². The zero-order valence-corrected chi connectivity index (χ0v) is 19.4. The van der Waals surface area contributed by atoms with E-state index in [1.54, 1.807) is 0 Å². The van der Waals surface area contributed by atoms with Crippen molar-refractivity contribution in [3.63, 3.8) is 0 Å². The van der Waals surface area contributed by atoms with E-state index in [2.05, 4.69) is 48.1 Å². The predicted molar refractivity (Wildman–Crippen MR) is 125 cm³/mol. The summed E-state index contributed by atoms with van der Waals surface area (Å²) >= 11 is 0. The number of esters is 2. The van der Waals surface area contributed by atoms with E-state index in [1.807, 2.05) is 12.2 Å². The van der Waals surface area contributed by atoms with Gasteiger partial charge in [-0.05, 0) is 44.9 Å². The maximum Gasteiger partial charge on any atom is 0.305 e. The molecule has 0 saturated carbocycles. The molecule has 0 aromatic rings. The number of hydrogen-bond acceptors (Lipinski definition) is 7. The lowest BCUT2D eigenvalue weighted by Crippen LogP contribution is -2.26. The van der Waals surface area contributed by atoms with E-state index >= 15 is 0 Å². The molecule has 182 valence electrons. The van der Waals surface area contributed by atoms with Crippen molar-refractivity contribution in [2.75, 3.05) is 13.2 Å². The van der Waals surface area contributed by atoms with Gasteiger partial charge in [0.2, 0.25) is 0 Å². The lowest BCUT2D eigenvalue weighted by molar-refractivity contribution is -0.151. The molecule has 3 atom stereocenters. The van der Waals surface area contributed by atoms with Crippen LogP contribution in [0, 0.1) is 0 Å². The van der Waals surface area contributed by atoms with Crippen molar-refractivity contribution in [1.29, 1.82) is 0 Å². The first-order valence-corrected chi connectivity index (χ1v) is 11.3. The summed E-state index contributed by atoms with van der Waals surface area (Å²) in [5.41, 5.74) is 0. The van der Waals surface area contributed by atoms with Gasteiger partial charge in [-0.3, -0.25) is 9.59 Å². The molecule has 0 fully saturated rings. The van der Waals surface area contributed by atoms with E-state index in [4.69, 9.17) is 4.74 Å². The number of ether oxygens (including phenoxy) is 2. The number of aliphatic hydroxyl groups excluding tert-OH is 3. The SMILES string of the molecule is CC/C=C\C/C=C\C/C=C\C/C=C\C[C@H](O)[C@@H](O)CCCC(=O)OC[C@@H](O)COC(C)=O. The summed E-state index contributed by atoms with van der Waals surface area (Å²) in [6.45, 7) is 2.84. The predicted octanol–water partition coefficient (Wildman–Crippen LogP) is 3.54. The largest absolute Gasteiger partial charge is 0.463 e. The molecule has 0 rings (SSSR count). The van der Waals surface area contributed by atoms with Crippen molar-refractivity contribution < 1.29 is 34.4 Å². The van der Waals surface area contributed by atoms with E-state index < -0.39 is 30.3 Å². The summed E-state index contributed by atoms with van der Waals surface area (Å²) in [4.78, 5) is 22.3. The third kappa shape index (κ3) is 19.7. The summed E-state index contributed by atoms with van der Waals surface area (Å²) in [6, 6.07) is 0. The smallest absolute Gasteiger partial charge is 0.305 e. The van der Waals surface area contributed by atoms with Crippen LogP contribution >= 0.6 is 0 Å². The highest BCUT2D eigenvalue weighted by atomic mass is 16.6. The molecule has 0 heterocycles. The number of carbonyl (C=O) groups excluding carboxylic acids is 2. The van der Waals surface area contributed by atoms with Crippen LogP contribution < -0.4 is 0 Å². The monoisotopic (exact) mass is 452 g/mol. The Balaban J connectivity index is 3.82. The van der Waals surface area contributed by atoms with Gasteiger partial charge < -0.3 is 24.8 Å². The van der Waals surface area contributed by atoms with Crippen LogP contribution in [0.5, 0.6) is 0 Å². The van der Waals surface area contributed by atoms with Gasteiger partial charge in [0.25, 0.3) is 0 Å². The van der Waals surface area contributed by atoms with E-state index in [-0.39, 0.29) is 26.1 Å². The Bertz CT molecular complexity index is 607. The molecule has 0 aliphatic heterocycles. The number of aliphatic hydroxyl groups is 3. The van der Waals surface area contributed by atoms with Crippen LogP contribution in [0.3, 0.4) is 0 Å². The Hall–Kier alpha value is -2.22. The number of hydrogen-bond donors (Lipinski definition) is 3. The fourth-order valence-corrected chi connectivity index (χ4v) is 2.54. The molecule has 0 unspecified atom stereocenters. The van der Waals surface area contributed by atoms with Crippen LogP contribution in [0.25, 0.3) is 0 Å². The van der Waals surface area contributed by atoms with Gasteiger partial charge in [-0.25, -0.2) is 0 Å². The molecule has 0 aliphatic rings. The topological polar surface area (TPSA) is 113 Å². The van der Waals surface area contributed by atoms with Gasteiger partial charge in [0.05, 0.1) is 12.2 Å². The lowest BCUT2D eigenvalue weighted by atomic mass is 10.0.